The molecule has 0 spiro atoms. The predicted octanol–water partition coefficient (Wildman–Crippen LogP) is 5.55. The van der Waals surface area contributed by atoms with Crippen molar-refractivity contribution < 1.29 is 13.2 Å². The van der Waals surface area contributed by atoms with Crippen molar-refractivity contribution in [1.82, 2.24) is 4.72 Å². The van der Waals surface area contributed by atoms with E-state index in [0.29, 0.717) is 28.1 Å². The van der Waals surface area contributed by atoms with E-state index < -0.39 is 21.8 Å². The minimum atomic E-state index is -4.04. The first-order valence-electron chi connectivity index (χ1n) is 9.30. The van der Waals surface area contributed by atoms with Gasteiger partial charge in [-0.3, -0.25) is 4.79 Å². The van der Waals surface area contributed by atoms with Gasteiger partial charge in [0, 0.05) is 9.50 Å². The molecule has 0 radical (unpaired) electrons. The van der Waals surface area contributed by atoms with Gasteiger partial charge >= 0.3 is 0 Å². The Kier molecular flexibility index (Phi) is 7.01. The van der Waals surface area contributed by atoms with Gasteiger partial charge < -0.3 is 0 Å². The van der Waals surface area contributed by atoms with E-state index in [1.54, 1.807) is 50.2 Å². The van der Waals surface area contributed by atoms with Crippen LogP contribution in [0.2, 0.25) is 5.02 Å². The van der Waals surface area contributed by atoms with Gasteiger partial charge in [-0.1, -0.05) is 70.0 Å². The third kappa shape index (κ3) is 5.31. The van der Waals surface area contributed by atoms with Crippen LogP contribution in [0.15, 0.2) is 76.1 Å². The Balaban J connectivity index is 1.96. The van der Waals surface area contributed by atoms with Crippen LogP contribution in [0, 0.1) is 13.8 Å². The molecule has 0 fully saturated rings. The summed E-state index contributed by atoms with van der Waals surface area (Å²) in [5.74, 6) is -1.27. The van der Waals surface area contributed by atoms with E-state index in [4.69, 9.17) is 11.6 Å². The van der Waals surface area contributed by atoms with Crippen LogP contribution in [0.3, 0.4) is 0 Å². The Bertz CT molecular complexity index is 1140. The zero-order valence-corrected chi connectivity index (χ0v) is 19.7. The SMILES string of the molecule is Cc1cc(Br)cc(C)c1S(=O)(=O)NC(=O)C(Cc1ccccc1)c1ccc(Cl)cc1. The van der Waals surface area contributed by atoms with Crippen LogP contribution in [-0.2, 0) is 21.2 Å². The maximum atomic E-state index is 13.2. The number of benzene rings is 3. The average molecular weight is 507 g/mol. The summed E-state index contributed by atoms with van der Waals surface area (Å²) in [6.07, 6.45) is 0.363. The fraction of sp³-hybridized carbons (Fsp3) is 0.174. The topological polar surface area (TPSA) is 63.2 Å². The molecule has 1 amide bonds. The van der Waals surface area contributed by atoms with Gasteiger partial charge in [0.1, 0.15) is 0 Å². The molecule has 0 aromatic heterocycles. The number of halogens is 2. The third-order valence-corrected chi connectivity index (χ3v) is 7.16. The molecular weight excluding hydrogens is 486 g/mol. The summed E-state index contributed by atoms with van der Waals surface area (Å²) in [5, 5.41) is 0.548. The summed E-state index contributed by atoms with van der Waals surface area (Å²) in [7, 11) is -4.04. The Hall–Kier alpha value is -2.15. The Morgan fingerprint density at radius 1 is 1.00 bits per heavy atom. The maximum Gasteiger partial charge on any atom is 0.264 e. The summed E-state index contributed by atoms with van der Waals surface area (Å²) in [6, 6.07) is 19.8. The molecule has 1 atom stereocenters. The maximum absolute atomic E-state index is 13.2. The molecule has 156 valence electrons. The second-order valence-corrected chi connectivity index (χ2v) is 10.1. The van der Waals surface area contributed by atoms with Gasteiger partial charge in [-0.2, -0.15) is 0 Å². The molecule has 0 heterocycles. The van der Waals surface area contributed by atoms with Gasteiger partial charge in [-0.25, -0.2) is 13.1 Å². The minimum Gasteiger partial charge on any atom is -0.273 e. The molecule has 0 saturated carbocycles. The van der Waals surface area contributed by atoms with Crippen LogP contribution in [0.25, 0.3) is 0 Å². The first kappa shape index (κ1) is 22.5. The van der Waals surface area contributed by atoms with Gasteiger partial charge in [0.25, 0.3) is 10.0 Å². The molecule has 3 aromatic rings. The Labute approximate surface area is 190 Å². The molecule has 0 aliphatic heterocycles. The lowest BCUT2D eigenvalue weighted by Crippen LogP contribution is -2.36. The van der Waals surface area contributed by atoms with Crippen molar-refractivity contribution in [2.75, 3.05) is 0 Å². The van der Waals surface area contributed by atoms with Crippen LogP contribution in [-0.4, -0.2) is 14.3 Å². The van der Waals surface area contributed by atoms with Gasteiger partial charge in [-0.15, -0.1) is 0 Å². The fourth-order valence-corrected chi connectivity index (χ4v) is 5.77. The molecule has 4 nitrogen and oxygen atoms in total. The van der Waals surface area contributed by atoms with E-state index in [-0.39, 0.29) is 4.90 Å². The molecule has 0 bridgehead atoms. The van der Waals surface area contributed by atoms with Crippen LogP contribution < -0.4 is 4.72 Å². The van der Waals surface area contributed by atoms with E-state index >= 15 is 0 Å². The van der Waals surface area contributed by atoms with E-state index in [1.165, 1.54) is 0 Å². The molecule has 30 heavy (non-hydrogen) atoms. The largest absolute Gasteiger partial charge is 0.273 e. The van der Waals surface area contributed by atoms with Crippen molar-refractivity contribution in [3.63, 3.8) is 0 Å². The summed E-state index contributed by atoms with van der Waals surface area (Å²) < 4.78 is 29.2. The van der Waals surface area contributed by atoms with E-state index in [1.807, 2.05) is 30.3 Å². The lowest BCUT2D eigenvalue weighted by molar-refractivity contribution is -0.120. The summed E-state index contributed by atoms with van der Waals surface area (Å²) in [6.45, 7) is 3.41. The lowest BCUT2D eigenvalue weighted by Gasteiger charge is -2.19. The molecule has 1 N–H and O–H groups in total. The quantitative estimate of drug-likeness (QED) is 0.477. The summed E-state index contributed by atoms with van der Waals surface area (Å²) in [5.41, 5.74) is 2.75. The third-order valence-electron chi connectivity index (χ3n) is 4.80. The number of sulfonamides is 1. The zero-order chi connectivity index (χ0) is 21.9. The van der Waals surface area contributed by atoms with Crippen LogP contribution in [0.1, 0.15) is 28.2 Å². The van der Waals surface area contributed by atoms with Crippen molar-refractivity contribution >= 4 is 43.5 Å². The fourth-order valence-electron chi connectivity index (χ4n) is 3.48. The highest BCUT2D eigenvalue weighted by Gasteiger charge is 2.28. The van der Waals surface area contributed by atoms with Crippen molar-refractivity contribution in [1.29, 1.82) is 0 Å². The van der Waals surface area contributed by atoms with Crippen molar-refractivity contribution in [3.05, 3.63) is 98.5 Å². The molecular formula is C23H21BrClNO3S. The van der Waals surface area contributed by atoms with Gasteiger partial charge in [0.15, 0.2) is 0 Å². The van der Waals surface area contributed by atoms with Crippen LogP contribution >= 0.6 is 27.5 Å². The van der Waals surface area contributed by atoms with Gasteiger partial charge in [0.05, 0.1) is 10.8 Å². The number of nitrogens with one attached hydrogen (secondary N) is 1. The highest BCUT2D eigenvalue weighted by molar-refractivity contribution is 9.10. The molecule has 3 rings (SSSR count). The first-order valence-corrected chi connectivity index (χ1v) is 12.0. The normalized spacial score (nSPS) is 12.4. The highest BCUT2D eigenvalue weighted by Crippen LogP contribution is 2.27. The van der Waals surface area contributed by atoms with Crippen molar-refractivity contribution in [3.8, 4) is 0 Å². The molecule has 7 heteroatoms. The number of rotatable bonds is 6. The number of carbonyl (C=O) groups is 1. The summed E-state index contributed by atoms with van der Waals surface area (Å²) >= 11 is 9.36. The standard InChI is InChI=1S/C23H21BrClNO3S/c1-15-12-19(24)13-16(2)22(15)30(28,29)26-23(27)21(14-17-6-4-3-5-7-17)18-8-10-20(25)11-9-18/h3-13,21H,14H2,1-2H3,(H,26,27). The number of hydrogen-bond acceptors (Lipinski definition) is 3. The monoisotopic (exact) mass is 505 g/mol. The average Bonchev–Trinajstić information content (AvgIpc) is 2.66. The van der Waals surface area contributed by atoms with Crippen molar-refractivity contribution in [2.24, 2.45) is 0 Å². The molecule has 0 saturated heterocycles. The predicted molar refractivity (Wildman–Crippen MR) is 123 cm³/mol. The Morgan fingerprint density at radius 2 is 1.57 bits per heavy atom. The van der Waals surface area contributed by atoms with E-state index in [9.17, 15) is 13.2 Å². The minimum absolute atomic E-state index is 0.119. The Morgan fingerprint density at radius 3 is 2.13 bits per heavy atom. The van der Waals surface area contributed by atoms with Crippen LogP contribution in [0.5, 0.6) is 0 Å². The smallest absolute Gasteiger partial charge is 0.264 e. The summed E-state index contributed by atoms with van der Waals surface area (Å²) in [4.78, 5) is 13.3. The zero-order valence-electron chi connectivity index (χ0n) is 16.5. The number of amides is 1. The van der Waals surface area contributed by atoms with E-state index in [2.05, 4.69) is 20.7 Å². The molecule has 0 aliphatic carbocycles. The van der Waals surface area contributed by atoms with Crippen molar-refractivity contribution in [2.45, 2.75) is 31.1 Å². The van der Waals surface area contributed by atoms with Crippen LogP contribution in [0.4, 0.5) is 0 Å². The van der Waals surface area contributed by atoms with Gasteiger partial charge in [0.2, 0.25) is 5.91 Å². The molecule has 0 aliphatic rings. The van der Waals surface area contributed by atoms with Gasteiger partial charge in [-0.05, 0) is 66.8 Å². The number of aryl methyl sites for hydroxylation is 2. The number of carbonyl (C=O) groups excluding carboxylic acids is 1. The first-order chi connectivity index (χ1) is 14.2. The second kappa shape index (κ2) is 9.33. The molecule has 3 aromatic carbocycles. The second-order valence-electron chi connectivity index (χ2n) is 7.13. The number of hydrogen-bond donors (Lipinski definition) is 1. The lowest BCUT2D eigenvalue weighted by atomic mass is 9.91. The highest BCUT2D eigenvalue weighted by atomic mass is 79.9. The molecule has 1 unspecified atom stereocenters. The van der Waals surface area contributed by atoms with E-state index in [0.717, 1.165) is 10.0 Å².